The van der Waals surface area contributed by atoms with Crippen LogP contribution in [0.2, 0.25) is 0 Å². The maximum Gasteiger partial charge on any atom is 0.408 e. The highest BCUT2D eigenvalue weighted by molar-refractivity contribution is 8.00. The molecule has 13 heteroatoms. The van der Waals surface area contributed by atoms with Crippen LogP contribution in [0.4, 0.5) is 4.79 Å². The van der Waals surface area contributed by atoms with Gasteiger partial charge in [0.15, 0.2) is 0 Å². The van der Waals surface area contributed by atoms with Gasteiger partial charge in [0.05, 0.1) is 0 Å². The van der Waals surface area contributed by atoms with E-state index in [1.54, 1.807) is 20.8 Å². The summed E-state index contributed by atoms with van der Waals surface area (Å²) < 4.78 is 10.2. The van der Waals surface area contributed by atoms with E-state index in [2.05, 4.69) is 20.7 Å². The molecule has 2 aliphatic rings. The molecule has 3 amide bonds. The Kier molecular flexibility index (Phi) is 8.17. The van der Waals surface area contributed by atoms with Crippen molar-refractivity contribution in [2.45, 2.75) is 51.1 Å². The van der Waals surface area contributed by atoms with Crippen LogP contribution in [0.25, 0.3) is 10.4 Å². The molecule has 0 spiro atoms. The highest BCUT2D eigenvalue weighted by Gasteiger charge is 2.54. The third kappa shape index (κ3) is 6.53. The van der Waals surface area contributed by atoms with Gasteiger partial charge in [-0.25, -0.2) is 4.79 Å². The third-order valence-corrected chi connectivity index (χ3v) is 5.51. The van der Waals surface area contributed by atoms with Crippen molar-refractivity contribution in [3.8, 4) is 0 Å². The number of esters is 1. The molecule has 0 unspecified atom stereocenters. The summed E-state index contributed by atoms with van der Waals surface area (Å²) in [5.41, 5.74) is 8.20. The van der Waals surface area contributed by atoms with Crippen molar-refractivity contribution >= 4 is 35.6 Å². The van der Waals surface area contributed by atoms with E-state index in [0.717, 1.165) is 0 Å². The zero-order valence-electron chi connectivity index (χ0n) is 17.8. The Hall–Kier alpha value is -2.92. The Morgan fingerprint density at radius 3 is 2.68 bits per heavy atom. The summed E-state index contributed by atoms with van der Waals surface area (Å²) in [5.74, 6) is -1.12. The lowest BCUT2D eigenvalue weighted by atomic mass is 10.0. The molecule has 1 fully saturated rings. The molecule has 2 aliphatic heterocycles. The van der Waals surface area contributed by atoms with Crippen molar-refractivity contribution < 1.29 is 28.7 Å². The maximum atomic E-state index is 12.8. The zero-order chi connectivity index (χ0) is 23.2. The van der Waals surface area contributed by atoms with Crippen LogP contribution in [0.5, 0.6) is 0 Å². The number of hydrogen-bond donors (Lipinski definition) is 2. The fourth-order valence-electron chi connectivity index (χ4n) is 2.91. The lowest BCUT2D eigenvalue weighted by Gasteiger charge is -2.49. The van der Waals surface area contributed by atoms with Gasteiger partial charge < -0.3 is 20.1 Å². The molecule has 2 heterocycles. The van der Waals surface area contributed by atoms with E-state index >= 15 is 0 Å². The number of alkyl carbamates (subject to hydrolysis) is 1. The van der Waals surface area contributed by atoms with Gasteiger partial charge in [-0.1, -0.05) is 5.11 Å². The minimum Gasteiger partial charge on any atom is -0.461 e. The summed E-state index contributed by atoms with van der Waals surface area (Å²) >= 11 is 1.35. The van der Waals surface area contributed by atoms with E-state index in [-0.39, 0.29) is 25.4 Å². The van der Waals surface area contributed by atoms with Crippen LogP contribution in [0.3, 0.4) is 0 Å². The number of azide groups is 1. The summed E-state index contributed by atoms with van der Waals surface area (Å²) in [6.07, 6.45) is -0.290. The molecule has 2 atom stereocenters. The summed E-state index contributed by atoms with van der Waals surface area (Å²) in [7, 11) is 0. The molecule has 12 nitrogen and oxygen atoms in total. The molecule has 0 aromatic carbocycles. The normalized spacial score (nSPS) is 20.1. The van der Waals surface area contributed by atoms with Crippen molar-refractivity contribution in [3.63, 3.8) is 0 Å². The summed E-state index contributed by atoms with van der Waals surface area (Å²) in [6, 6.07) is -0.831. The van der Waals surface area contributed by atoms with Crippen molar-refractivity contribution in [1.82, 2.24) is 15.5 Å². The van der Waals surface area contributed by atoms with Crippen molar-refractivity contribution in [3.05, 3.63) is 21.7 Å². The van der Waals surface area contributed by atoms with Crippen LogP contribution in [-0.4, -0.2) is 71.2 Å². The topological polar surface area (TPSA) is 163 Å². The van der Waals surface area contributed by atoms with Gasteiger partial charge in [0.1, 0.15) is 29.3 Å². The molecule has 0 bridgehead atoms. The van der Waals surface area contributed by atoms with Gasteiger partial charge in [0.25, 0.3) is 11.8 Å². The molecule has 0 aromatic heterocycles. The first kappa shape index (κ1) is 24.4. The standard InChI is InChI=1S/C18H26N6O6S/c1-10(25)29-8-11-9-31-16-12(22-17(28)30-18(2,3)4)15(27)24(16)13(11)14(26)20-6-5-7-21-23-19/h12,16H,5-9H2,1-4H3,(H,20,26)(H,22,28)/t12-,16-/m1/s1. The van der Waals surface area contributed by atoms with Crippen LogP contribution >= 0.6 is 11.8 Å². The fourth-order valence-corrected chi connectivity index (χ4v) is 4.24. The first-order valence-corrected chi connectivity index (χ1v) is 10.7. The SMILES string of the molecule is CC(=O)OCC1=C(C(=O)NCCCN=[N+]=[N-])N2C(=O)[C@@H](NC(=O)OC(C)(C)C)[C@H]2SC1. The quantitative estimate of drug-likeness (QED) is 0.140. The van der Waals surface area contributed by atoms with E-state index in [1.165, 1.54) is 23.6 Å². The lowest BCUT2D eigenvalue weighted by molar-refractivity contribution is -0.145. The summed E-state index contributed by atoms with van der Waals surface area (Å²) in [4.78, 5) is 52.8. The summed E-state index contributed by atoms with van der Waals surface area (Å²) in [6.45, 7) is 6.73. The molecule has 2 rings (SSSR count). The Labute approximate surface area is 183 Å². The molecule has 0 radical (unpaired) electrons. The number of ether oxygens (including phenoxy) is 2. The smallest absolute Gasteiger partial charge is 0.408 e. The second kappa shape index (κ2) is 10.4. The number of carbonyl (C=O) groups excluding carboxylic acids is 4. The van der Waals surface area contributed by atoms with Crippen LogP contribution in [0.15, 0.2) is 16.4 Å². The van der Waals surface area contributed by atoms with E-state index in [0.29, 0.717) is 17.7 Å². The number of fused-ring (bicyclic) bond motifs is 1. The average molecular weight is 455 g/mol. The monoisotopic (exact) mass is 454 g/mol. The van der Waals surface area contributed by atoms with Gasteiger partial charge in [-0.2, -0.15) is 0 Å². The van der Waals surface area contributed by atoms with Crippen molar-refractivity contribution in [1.29, 1.82) is 0 Å². The van der Waals surface area contributed by atoms with Gasteiger partial charge in [-0.05, 0) is 32.7 Å². The van der Waals surface area contributed by atoms with Gasteiger partial charge in [0.2, 0.25) is 0 Å². The number of nitrogens with zero attached hydrogens (tertiary/aromatic N) is 4. The largest absolute Gasteiger partial charge is 0.461 e. The van der Waals surface area contributed by atoms with E-state index in [1.807, 2.05) is 0 Å². The maximum absolute atomic E-state index is 12.8. The molecular formula is C18H26N6O6S. The summed E-state index contributed by atoms with van der Waals surface area (Å²) in [5, 5.41) is 8.15. The third-order valence-electron chi connectivity index (χ3n) is 4.17. The molecule has 0 saturated carbocycles. The minimum absolute atomic E-state index is 0.112. The number of β-lactam (4-membered cyclic amide) rings is 1. The number of amides is 3. The second-order valence-corrected chi connectivity index (χ2v) is 8.94. The van der Waals surface area contributed by atoms with Gasteiger partial charge in [-0.15, -0.1) is 11.8 Å². The van der Waals surface area contributed by atoms with Crippen molar-refractivity contribution in [2.75, 3.05) is 25.4 Å². The van der Waals surface area contributed by atoms with Crippen LogP contribution in [0.1, 0.15) is 34.1 Å². The van der Waals surface area contributed by atoms with E-state index in [9.17, 15) is 19.2 Å². The predicted octanol–water partition coefficient (Wildman–Crippen LogP) is 1.43. The molecule has 2 N–H and O–H groups in total. The number of nitrogens with one attached hydrogen (secondary N) is 2. The Morgan fingerprint density at radius 1 is 1.35 bits per heavy atom. The second-order valence-electron chi connectivity index (χ2n) is 7.83. The number of thioether (sulfide) groups is 1. The number of hydrogen-bond acceptors (Lipinski definition) is 8. The zero-order valence-corrected chi connectivity index (χ0v) is 18.7. The first-order valence-electron chi connectivity index (χ1n) is 9.63. The van der Waals surface area contributed by atoms with E-state index < -0.39 is 40.9 Å². The first-order chi connectivity index (χ1) is 14.5. The molecular weight excluding hydrogens is 428 g/mol. The molecule has 1 saturated heterocycles. The van der Waals surface area contributed by atoms with Gasteiger partial charge in [-0.3, -0.25) is 19.3 Å². The molecule has 31 heavy (non-hydrogen) atoms. The molecule has 0 aromatic rings. The minimum atomic E-state index is -0.831. The lowest BCUT2D eigenvalue weighted by Crippen LogP contribution is -2.71. The number of carbonyl (C=O) groups is 4. The van der Waals surface area contributed by atoms with Crippen molar-refractivity contribution in [2.24, 2.45) is 5.11 Å². The molecule has 0 aliphatic carbocycles. The van der Waals surface area contributed by atoms with Gasteiger partial charge in [0, 0.05) is 36.3 Å². The predicted molar refractivity (Wildman–Crippen MR) is 112 cm³/mol. The van der Waals surface area contributed by atoms with E-state index in [4.69, 9.17) is 15.0 Å². The Balaban J connectivity index is 2.13. The average Bonchev–Trinajstić information content (AvgIpc) is 2.67. The highest BCUT2D eigenvalue weighted by atomic mass is 32.2. The van der Waals surface area contributed by atoms with Crippen LogP contribution < -0.4 is 10.6 Å². The van der Waals surface area contributed by atoms with Crippen LogP contribution in [0, 0.1) is 0 Å². The Bertz CT molecular complexity index is 832. The highest BCUT2D eigenvalue weighted by Crippen LogP contribution is 2.40. The van der Waals surface area contributed by atoms with Crippen LogP contribution in [-0.2, 0) is 23.9 Å². The molecule has 170 valence electrons. The fraction of sp³-hybridized carbons (Fsp3) is 0.667. The number of rotatable bonds is 8. The Morgan fingerprint density at radius 2 is 2.06 bits per heavy atom. The van der Waals surface area contributed by atoms with Gasteiger partial charge >= 0.3 is 12.1 Å².